The smallest absolute Gasteiger partial charge is 0.417 e. The first-order chi connectivity index (χ1) is 21.4. The average Bonchev–Trinajstić information content (AvgIpc) is 3.63. The van der Waals surface area contributed by atoms with Crippen LogP contribution in [-0.2, 0) is 28.8 Å². The Labute approximate surface area is 258 Å². The lowest BCUT2D eigenvalue weighted by Crippen LogP contribution is -2.46. The van der Waals surface area contributed by atoms with Crippen LogP contribution in [0.1, 0.15) is 58.7 Å². The Balaban J connectivity index is 1.47. The molecule has 2 atom stereocenters. The molecule has 1 fully saturated rings. The Hall–Kier alpha value is -4.49. The molecule has 1 N–H and O–H groups in total. The maximum absolute atomic E-state index is 14.3. The van der Waals surface area contributed by atoms with Gasteiger partial charge in [0.15, 0.2) is 5.76 Å². The van der Waals surface area contributed by atoms with E-state index in [4.69, 9.17) is 14.3 Å². The Morgan fingerprint density at radius 3 is 2.30 bits per heavy atom. The summed E-state index contributed by atoms with van der Waals surface area (Å²) >= 11 is 0. The molecule has 1 aliphatic rings. The molecule has 0 bridgehead atoms. The first kappa shape index (κ1) is 31.0. The molecule has 7 heteroatoms. The van der Waals surface area contributed by atoms with E-state index in [9.17, 15) is 14.4 Å². The average molecular weight is 594 g/mol. The molecular weight excluding hydrogens is 554 g/mol. The number of carbonyl (C=O) groups is 3. The van der Waals surface area contributed by atoms with Gasteiger partial charge in [0.1, 0.15) is 18.3 Å². The van der Waals surface area contributed by atoms with Crippen molar-refractivity contribution in [1.29, 1.82) is 0 Å². The van der Waals surface area contributed by atoms with Crippen LogP contribution in [0.25, 0.3) is 11.1 Å². The molecule has 1 aliphatic heterocycles. The highest BCUT2D eigenvalue weighted by atomic mass is 16.6. The lowest BCUT2D eigenvalue weighted by molar-refractivity contribution is -0.131. The van der Waals surface area contributed by atoms with E-state index in [1.165, 1.54) is 0 Å². The number of aryl methyl sites for hydroxylation is 2. The number of ketones is 1. The Morgan fingerprint density at radius 1 is 0.886 bits per heavy atom. The van der Waals surface area contributed by atoms with Crippen LogP contribution in [0.15, 0.2) is 95.4 Å². The van der Waals surface area contributed by atoms with Gasteiger partial charge in [-0.3, -0.25) is 9.59 Å². The third kappa shape index (κ3) is 7.53. The van der Waals surface area contributed by atoms with Gasteiger partial charge in [-0.1, -0.05) is 103 Å². The minimum atomic E-state index is -1.17. The number of nitrogens with zero attached hydrogens (tertiary/aromatic N) is 1. The van der Waals surface area contributed by atoms with Crippen LogP contribution in [-0.4, -0.2) is 47.0 Å². The van der Waals surface area contributed by atoms with Gasteiger partial charge in [0.2, 0.25) is 11.7 Å². The van der Waals surface area contributed by atoms with Gasteiger partial charge in [-0.15, -0.1) is 0 Å². The molecule has 0 spiro atoms. The molecule has 7 nitrogen and oxygen atoms in total. The summed E-state index contributed by atoms with van der Waals surface area (Å²) in [6, 6.07) is 28.2. The number of aliphatic hydroxyl groups is 1. The number of Topliss-reactive ketones (excluding diaryl/α,β-unsaturated/α-hetero) is 1. The molecule has 1 saturated heterocycles. The van der Waals surface area contributed by atoms with Crippen LogP contribution in [0.4, 0.5) is 4.79 Å². The normalized spacial score (nSPS) is 15.3. The number of imide groups is 1. The maximum Gasteiger partial charge on any atom is 0.417 e. The van der Waals surface area contributed by atoms with Crippen molar-refractivity contribution in [2.75, 3.05) is 13.2 Å². The number of hydrogen-bond donors (Lipinski definition) is 1. The Bertz CT molecular complexity index is 1560. The van der Waals surface area contributed by atoms with Gasteiger partial charge in [0.25, 0.3) is 0 Å². The topological polar surface area (TPSA) is 97.1 Å². The minimum Gasteiger partial charge on any atom is -0.457 e. The summed E-state index contributed by atoms with van der Waals surface area (Å²) < 4.78 is 11.6. The largest absolute Gasteiger partial charge is 0.457 e. The molecular formula is C37H39NO6. The van der Waals surface area contributed by atoms with Gasteiger partial charge >= 0.3 is 6.09 Å². The van der Waals surface area contributed by atoms with Crippen LogP contribution in [0.5, 0.6) is 0 Å². The number of benzene rings is 3. The lowest BCUT2D eigenvalue weighted by Gasteiger charge is -2.24. The molecule has 228 valence electrons. The van der Waals surface area contributed by atoms with Crippen molar-refractivity contribution in [3.8, 4) is 11.1 Å². The number of amides is 2. The fraction of sp³-hybridized carbons (Fsp3) is 0.324. The van der Waals surface area contributed by atoms with Crippen LogP contribution >= 0.6 is 0 Å². The number of aliphatic hydroxyl groups excluding tert-OH is 1. The number of hydrogen-bond acceptors (Lipinski definition) is 6. The van der Waals surface area contributed by atoms with Crippen molar-refractivity contribution in [2.24, 2.45) is 5.92 Å². The first-order valence-corrected chi connectivity index (χ1v) is 15.4. The predicted molar refractivity (Wildman–Crippen MR) is 168 cm³/mol. The molecule has 44 heavy (non-hydrogen) atoms. The summed E-state index contributed by atoms with van der Waals surface area (Å²) in [6.07, 6.45) is 3.87. The van der Waals surface area contributed by atoms with Crippen molar-refractivity contribution in [1.82, 2.24) is 4.90 Å². The molecule has 3 aromatic carbocycles. The fourth-order valence-electron chi connectivity index (χ4n) is 5.79. The van der Waals surface area contributed by atoms with Gasteiger partial charge in [0, 0.05) is 18.6 Å². The van der Waals surface area contributed by atoms with Crippen molar-refractivity contribution < 1.29 is 28.6 Å². The molecule has 4 aromatic rings. The number of ether oxygens (including phenoxy) is 1. The molecule has 0 radical (unpaired) electrons. The number of carbonyl (C=O) groups excluding carboxylic acids is 3. The van der Waals surface area contributed by atoms with Crippen LogP contribution < -0.4 is 0 Å². The third-order valence-corrected chi connectivity index (χ3v) is 8.10. The molecule has 0 aliphatic carbocycles. The summed E-state index contributed by atoms with van der Waals surface area (Å²) in [7, 11) is 0. The van der Waals surface area contributed by atoms with E-state index in [1.807, 2.05) is 85.8 Å². The van der Waals surface area contributed by atoms with E-state index >= 15 is 0 Å². The SMILES string of the molecule is Cc1cccc(-c2cc(C(=O)[C@@H](Cc3ccccc3)C(=O)N3C(=O)OC[C@@H]3Cc3ccccc3)oc2CCCCCCO)c1. The second-order valence-electron chi connectivity index (χ2n) is 11.4. The van der Waals surface area contributed by atoms with Gasteiger partial charge < -0.3 is 14.3 Å². The standard InChI is InChI=1S/C37H39NO6/c1-26-13-12-18-29(21-26)31-24-34(44-33(31)19-10-2-3-11-20-39)35(40)32(23-28-16-8-5-9-17-28)36(41)38-30(25-43-37(38)42)22-27-14-6-4-7-15-27/h4-9,12-18,21,24,30,32,39H,2-3,10-11,19-20,22-23,25H2,1H3/t30-,32+/m0/s1. The minimum absolute atomic E-state index is 0.0738. The van der Waals surface area contributed by atoms with E-state index in [0.717, 1.165) is 58.4 Å². The van der Waals surface area contributed by atoms with Crippen LogP contribution in [0, 0.1) is 12.8 Å². The summed E-state index contributed by atoms with van der Waals surface area (Å²) in [4.78, 5) is 42.5. The van der Waals surface area contributed by atoms with Crippen molar-refractivity contribution >= 4 is 17.8 Å². The first-order valence-electron chi connectivity index (χ1n) is 15.4. The van der Waals surface area contributed by atoms with E-state index in [0.29, 0.717) is 18.6 Å². The number of cyclic esters (lactones) is 1. The van der Waals surface area contributed by atoms with Gasteiger partial charge in [-0.2, -0.15) is 0 Å². The van der Waals surface area contributed by atoms with E-state index in [2.05, 4.69) is 6.07 Å². The molecule has 2 heterocycles. The highest BCUT2D eigenvalue weighted by Crippen LogP contribution is 2.32. The monoisotopic (exact) mass is 593 g/mol. The van der Waals surface area contributed by atoms with Gasteiger partial charge in [0.05, 0.1) is 6.04 Å². The summed E-state index contributed by atoms with van der Waals surface area (Å²) in [5.41, 5.74) is 4.63. The molecule has 0 saturated carbocycles. The van der Waals surface area contributed by atoms with E-state index < -0.39 is 29.7 Å². The second-order valence-corrected chi connectivity index (χ2v) is 11.4. The highest BCUT2D eigenvalue weighted by molar-refractivity contribution is 6.12. The Morgan fingerprint density at radius 2 is 1.59 bits per heavy atom. The van der Waals surface area contributed by atoms with E-state index in [-0.39, 0.29) is 25.4 Å². The molecule has 5 rings (SSSR count). The summed E-state index contributed by atoms with van der Waals surface area (Å²) in [5, 5.41) is 9.14. The second kappa shape index (κ2) is 14.8. The predicted octanol–water partition coefficient (Wildman–Crippen LogP) is 6.98. The molecule has 1 aromatic heterocycles. The van der Waals surface area contributed by atoms with E-state index in [1.54, 1.807) is 6.07 Å². The Kier molecular flexibility index (Phi) is 10.4. The zero-order valence-corrected chi connectivity index (χ0v) is 25.1. The van der Waals surface area contributed by atoms with Crippen LogP contribution in [0.3, 0.4) is 0 Å². The zero-order valence-electron chi connectivity index (χ0n) is 25.1. The number of rotatable bonds is 14. The number of furan rings is 1. The zero-order chi connectivity index (χ0) is 30.9. The fourth-order valence-corrected chi connectivity index (χ4v) is 5.79. The van der Waals surface area contributed by atoms with Crippen molar-refractivity contribution in [3.63, 3.8) is 0 Å². The van der Waals surface area contributed by atoms with Gasteiger partial charge in [-0.05, 0) is 55.4 Å². The lowest BCUT2D eigenvalue weighted by atomic mass is 9.91. The number of unbranched alkanes of at least 4 members (excludes halogenated alkanes) is 3. The van der Waals surface area contributed by atoms with Crippen molar-refractivity contribution in [2.45, 2.75) is 57.9 Å². The molecule has 0 unspecified atom stereocenters. The summed E-state index contributed by atoms with van der Waals surface area (Å²) in [6.45, 7) is 2.26. The van der Waals surface area contributed by atoms with Crippen molar-refractivity contribution in [3.05, 3.63) is 119 Å². The highest BCUT2D eigenvalue weighted by Gasteiger charge is 2.44. The maximum atomic E-state index is 14.3. The van der Waals surface area contributed by atoms with Crippen LogP contribution in [0.2, 0.25) is 0 Å². The summed E-state index contributed by atoms with van der Waals surface area (Å²) in [5.74, 6) is -1.42. The third-order valence-electron chi connectivity index (χ3n) is 8.10. The molecule has 2 amide bonds. The van der Waals surface area contributed by atoms with Gasteiger partial charge in [-0.25, -0.2) is 9.69 Å². The quantitative estimate of drug-likeness (QED) is 0.0963.